The molecule has 0 radical (unpaired) electrons. The number of carbonyl (C=O) groups excluding carboxylic acids is 2. The van der Waals surface area contributed by atoms with Gasteiger partial charge in [0, 0.05) is 31.4 Å². The number of primary amides is 1. The van der Waals surface area contributed by atoms with Crippen LogP contribution < -0.4 is 5.73 Å². The normalized spacial score (nSPS) is 20.0. The Hall–Kier alpha value is -2.15. The van der Waals surface area contributed by atoms with Crippen molar-refractivity contribution in [3.63, 3.8) is 0 Å². The molecule has 0 aromatic carbocycles. The fourth-order valence-corrected chi connectivity index (χ4v) is 5.32. The molecule has 0 spiro atoms. The Labute approximate surface area is 157 Å². The first-order chi connectivity index (χ1) is 12.6. The summed E-state index contributed by atoms with van der Waals surface area (Å²) in [6.07, 6.45) is 9.95. The number of imidazole rings is 1. The molecule has 1 aliphatic heterocycles. The van der Waals surface area contributed by atoms with E-state index < -0.39 is 0 Å². The van der Waals surface area contributed by atoms with Gasteiger partial charge < -0.3 is 15.2 Å². The summed E-state index contributed by atoms with van der Waals surface area (Å²) in [6, 6.07) is 0. The number of fused-ring (bicyclic) bond motifs is 1. The monoisotopic (exact) mass is 372 g/mol. The fraction of sp³-hybridized carbons (Fsp3) is 0.526. The van der Waals surface area contributed by atoms with Crippen LogP contribution in [0.1, 0.15) is 58.2 Å². The molecule has 6 nitrogen and oxygen atoms in total. The van der Waals surface area contributed by atoms with Crippen LogP contribution >= 0.6 is 11.3 Å². The van der Waals surface area contributed by atoms with Gasteiger partial charge in [-0.25, -0.2) is 4.98 Å². The highest BCUT2D eigenvalue weighted by molar-refractivity contribution is 7.12. The molecule has 0 bridgehead atoms. The van der Waals surface area contributed by atoms with Gasteiger partial charge in [-0.3, -0.25) is 9.59 Å². The highest BCUT2D eigenvalue weighted by Gasteiger charge is 2.30. The van der Waals surface area contributed by atoms with E-state index in [4.69, 9.17) is 5.73 Å². The van der Waals surface area contributed by atoms with Gasteiger partial charge in [-0.05, 0) is 55.0 Å². The number of aromatic nitrogens is 2. The molecule has 1 fully saturated rings. The lowest BCUT2D eigenvalue weighted by Crippen LogP contribution is -2.40. The Morgan fingerprint density at radius 3 is 2.96 bits per heavy atom. The van der Waals surface area contributed by atoms with E-state index >= 15 is 0 Å². The molecular formula is C19H24N4O2S. The topological polar surface area (TPSA) is 81.2 Å². The van der Waals surface area contributed by atoms with E-state index in [0.29, 0.717) is 6.54 Å². The molecule has 2 aliphatic rings. The van der Waals surface area contributed by atoms with Gasteiger partial charge in [-0.15, -0.1) is 11.3 Å². The smallest absolute Gasteiger partial charge is 0.264 e. The summed E-state index contributed by atoms with van der Waals surface area (Å²) < 4.78 is 1.81. The largest absolute Gasteiger partial charge is 0.368 e. The van der Waals surface area contributed by atoms with Crippen LogP contribution in [0.15, 0.2) is 17.8 Å². The number of nitrogens with two attached hydrogens (primary N) is 1. The third kappa shape index (κ3) is 3.28. The molecule has 138 valence electrons. The first-order valence-electron chi connectivity index (χ1n) is 9.31. The summed E-state index contributed by atoms with van der Waals surface area (Å²) in [5.74, 6) is 0.793. The van der Waals surface area contributed by atoms with Crippen molar-refractivity contribution in [1.82, 2.24) is 14.5 Å². The molecule has 1 atom stereocenters. The second-order valence-electron chi connectivity index (χ2n) is 7.25. The summed E-state index contributed by atoms with van der Waals surface area (Å²) in [6.45, 7) is 1.58. The third-order valence-electron chi connectivity index (χ3n) is 5.45. The SMILES string of the molecule is NC(=O)Cn1ccnc1C1CCCN(C(=O)c2scc3c2CCCC3)C1. The van der Waals surface area contributed by atoms with Gasteiger partial charge in [0.05, 0.1) is 4.88 Å². The standard InChI is InChI=1S/C19H24N4O2S/c20-16(24)11-22-9-7-21-18(22)13-5-3-8-23(10-13)19(25)17-15-6-2-1-4-14(15)12-26-17/h7,9,12-13H,1-6,8,10-11H2,(H2,20,24). The van der Waals surface area contributed by atoms with E-state index in [-0.39, 0.29) is 24.3 Å². The highest BCUT2D eigenvalue weighted by Crippen LogP contribution is 2.33. The Bertz CT molecular complexity index is 825. The summed E-state index contributed by atoms with van der Waals surface area (Å²) >= 11 is 1.60. The van der Waals surface area contributed by atoms with E-state index in [1.165, 1.54) is 24.0 Å². The molecule has 1 aliphatic carbocycles. The lowest BCUT2D eigenvalue weighted by molar-refractivity contribution is -0.118. The predicted molar refractivity (Wildman–Crippen MR) is 100 cm³/mol. The predicted octanol–water partition coefficient (Wildman–Crippen LogP) is 2.33. The van der Waals surface area contributed by atoms with Crippen molar-refractivity contribution in [3.05, 3.63) is 39.6 Å². The van der Waals surface area contributed by atoms with Gasteiger partial charge in [0.25, 0.3) is 5.91 Å². The number of carbonyl (C=O) groups is 2. The van der Waals surface area contributed by atoms with Crippen LogP contribution in [0.25, 0.3) is 0 Å². The van der Waals surface area contributed by atoms with E-state index in [9.17, 15) is 9.59 Å². The molecular weight excluding hydrogens is 348 g/mol. The van der Waals surface area contributed by atoms with Crippen LogP contribution in [-0.2, 0) is 24.2 Å². The van der Waals surface area contributed by atoms with Gasteiger partial charge in [0.1, 0.15) is 12.4 Å². The number of hydrogen-bond acceptors (Lipinski definition) is 4. The van der Waals surface area contributed by atoms with Gasteiger partial charge >= 0.3 is 0 Å². The molecule has 1 saturated heterocycles. The molecule has 0 saturated carbocycles. The van der Waals surface area contributed by atoms with Gasteiger partial charge in [-0.2, -0.15) is 0 Å². The van der Waals surface area contributed by atoms with Gasteiger partial charge in [-0.1, -0.05) is 0 Å². The van der Waals surface area contributed by atoms with Crippen LogP contribution in [0, 0.1) is 0 Å². The van der Waals surface area contributed by atoms with Crippen molar-refractivity contribution >= 4 is 23.2 Å². The van der Waals surface area contributed by atoms with Crippen molar-refractivity contribution < 1.29 is 9.59 Å². The summed E-state index contributed by atoms with van der Waals surface area (Å²) in [5.41, 5.74) is 7.99. The highest BCUT2D eigenvalue weighted by atomic mass is 32.1. The number of nitrogens with zero attached hydrogens (tertiary/aromatic N) is 3. The van der Waals surface area contributed by atoms with Gasteiger partial charge in [0.15, 0.2) is 0 Å². The maximum atomic E-state index is 13.1. The van der Waals surface area contributed by atoms with Crippen molar-refractivity contribution in [2.45, 2.75) is 51.0 Å². The summed E-state index contributed by atoms with van der Waals surface area (Å²) in [5, 5.41) is 2.17. The lowest BCUT2D eigenvalue weighted by Gasteiger charge is -2.32. The Morgan fingerprint density at radius 1 is 1.27 bits per heavy atom. The Morgan fingerprint density at radius 2 is 2.12 bits per heavy atom. The van der Waals surface area contributed by atoms with Crippen molar-refractivity contribution in [2.75, 3.05) is 13.1 Å². The quantitative estimate of drug-likeness (QED) is 0.894. The number of piperidine rings is 1. The second-order valence-corrected chi connectivity index (χ2v) is 8.13. The van der Waals surface area contributed by atoms with Crippen molar-refractivity contribution in [2.24, 2.45) is 5.73 Å². The molecule has 26 heavy (non-hydrogen) atoms. The average Bonchev–Trinajstić information content (AvgIpc) is 3.27. The Kier molecular flexibility index (Phi) is 4.80. The van der Waals surface area contributed by atoms with Crippen LogP contribution in [0.3, 0.4) is 0 Å². The van der Waals surface area contributed by atoms with E-state index in [0.717, 1.165) is 42.9 Å². The van der Waals surface area contributed by atoms with Crippen LogP contribution in [0.4, 0.5) is 0 Å². The van der Waals surface area contributed by atoms with Crippen LogP contribution in [-0.4, -0.2) is 39.4 Å². The van der Waals surface area contributed by atoms with E-state index in [1.54, 1.807) is 23.7 Å². The minimum Gasteiger partial charge on any atom is -0.368 e. The second kappa shape index (κ2) is 7.23. The van der Waals surface area contributed by atoms with E-state index in [2.05, 4.69) is 10.4 Å². The number of rotatable bonds is 4. The van der Waals surface area contributed by atoms with Crippen LogP contribution in [0.2, 0.25) is 0 Å². The number of amides is 2. The molecule has 2 N–H and O–H groups in total. The van der Waals surface area contributed by atoms with Crippen LogP contribution in [0.5, 0.6) is 0 Å². The summed E-state index contributed by atoms with van der Waals surface area (Å²) in [7, 11) is 0. The minimum absolute atomic E-state index is 0.137. The average molecular weight is 372 g/mol. The number of likely N-dealkylation sites (tertiary alicyclic amines) is 1. The number of aryl methyl sites for hydroxylation is 1. The fourth-order valence-electron chi connectivity index (χ4n) is 4.20. The molecule has 3 heterocycles. The Balaban J connectivity index is 1.52. The molecule has 2 aromatic heterocycles. The molecule has 7 heteroatoms. The molecule has 2 aromatic rings. The maximum Gasteiger partial charge on any atom is 0.264 e. The van der Waals surface area contributed by atoms with Crippen molar-refractivity contribution in [1.29, 1.82) is 0 Å². The first-order valence-corrected chi connectivity index (χ1v) is 10.2. The maximum absolute atomic E-state index is 13.1. The molecule has 4 rings (SSSR count). The first kappa shape index (κ1) is 17.3. The minimum atomic E-state index is -0.377. The molecule has 2 amide bonds. The zero-order valence-electron chi connectivity index (χ0n) is 14.8. The lowest BCUT2D eigenvalue weighted by atomic mass is 9.93. The number of hydrogen-bond donors (Lipinski definition) is 1. The van der Waals surface area contributed by atoms with E-state index in [1.807, 2.05) is 9.47 Å². The van der Waals surface area contributed by atoms with Gasteiger partial charge in [0.2, 0.25) is 5.91 Å². The third-order valence-corrected chi connectivity index (χ3v) is 6.50. The molecule has 1 unspecified atom stereocenters. The van der Waals surface area contributed by atoms with Crippen molar-refractivity contribution in [3.8, 4) is 0 Å². The zero-order chi connectivity index (χ0) is 18.1. The summed E-state index contributed by atoms with van der Waals surface area (Å²) in [4.78, 5) is 31.8. The zero-order valence-corrected chi connectivity index (χ0v) is 15.6. The number of thiophene rings is 1.